The van der Waals surface area contributed by atoms with Crippen LogP contribution in [-0.4, -0.2) is 26.4 Å². The van der Waals surface area contributed by atoms with Crippen molar-refractivity contribution in [2.45, 2.75) is 19.0 Å². The van der Waals surface area contributed by atoms with Gasteiger partial charge < -0.3 is 9.88 Å². The van der Waals surface area contributed by atoms with E-state index >= 15 is 0 Å². The lowest BCUT2D eigenvalue weighted by Gasteiger charge is -2.12. The average molecular weight is 510 g/mol. The van der Waals surface area contributed by atoms with Crippen LogP contribution in [0.15, 0.2) is 50.5 Å². The lowest BCUT2D eigenvalue weighted by molar-refractivity contribution is -0.113. The number of nitrogens with zero attached hydrogens (tertiary/aromatic N) is 3. The van der Waals surface area contributed by atoms with E-state index in [9.17, 15) is 4.79 Å². The number of rotatable bonds is 5. The summed E-state index contributed by atoms with van der Waals surface area (Å²) >= 11 is 8.27. The fourth-order valence-electron chi connectivity index (χ4n) is 2.70. The van der Waals surface area contributed by atoms with Crippen molar-refractivity contribution in [3.05, 3.63) is 56.5 Å². The number of carbonyl (C=O) groups is 1. The smallest absolute Gasteiger partial charge is 0.234 e. The summed E-state index contributed by atoms with van der Waals surface area (Å²) in [5, 5.41) is 12.2. The number of halogens is 2. The molecule has 0 atom stereocenters. The molecule has 0 bridgehead atoms. The van der Waals surface area contributed by atoms with E-state index in [1.165, 1.54) is 11.8 Å². The van der Waals surface area contributed by atoms with Crippen LogP contribution in [0.2, 0.25) is 0 Å². The number of benzene rings is 2. The van der Waals surface area contributed by atoms with E-state index in [1.807, 2.05) is 61.9 Å². The molecule has 3 aromatic rings. The van der Waals surface area contributed by atoms with Crippen molar-refractivity contribution in [3.8, 4) is 11.4 Å². The summed E-state index contributed by atoms with van der Waals surface area (Å²) in [6.07, 6.45) is 0. The molecule has 1 heterocycles. The maximum Gasteiger partial charge on any atom is 0.234 e. The van der Waals surface area contributed by atoms with Gasteiger partial charge in [0.15, 0.2) is 11.0 Å². The molecule has 0 aliphatic rings. The van der Waals surface area contributed by atoms with E-state index in [2.05, 4.69) is 47.4 Å². The molecule has 1 amide bonds. The maximum atomic E-state index is 12.4. The summed E-state index contributed by atoms with van der Waals surface area (Å²) < 4.78 is 3.92. The summed E-state index contributed by atoms with van der Waals surface area (Å²) in [6, 6.07) is 11.9. The second kappa shape index (κ2) is 8.58. The average Bonchev–Trinajstić information content (AvgIpc) is 2.98. The Bertz CT molecular complexity index is 963. The third-order valence-electron chi connectivity index (χ3n) is 4.03. The van der Waals surface area contributed by atoms with Crippen LogP contribution in [0.1, 0.15) is 11.1 Å². The number of anilines is 1. The van der Waals surface area contributed by atoms with Gasteiger partial charge in [-0.25, -0.2) is 0 Å². The van der Waals surface area contributed by atoms with Gasteiger partial charge in [0.1, 0.15) is 0 Å². The van der Waals surface area contributed by atoms with Crippen molar-refractivity contribution in [3.63, 3.8) is 0 Å². The Morgan fingerprint density at radius 2 is 1.70 bits per heavy atom. The van der Waals surface area contributed by atoms with Crippen molar-refractivity contribution < 1.29 is 4.79 Å². The Labute approximate surface area is 179 Å². The lowest BCUT2D eigenvalue weighted by atomic mass is 10.1. The van der Waals surface area contributed by atoms with Crippen LogP contribution in [0.5, 0.6) is 0 Å². The zero-order chi connectivity index (χ0) is 19.6. The van der Waals surface area contributed by atoms with Gasteiger partial charge >= 0.3 is 0 Å². The first-order chi connectivity index (χ1) is 12.8. The molecule has 27 heavy (non-hydrogen) atoms. The molecule has 1 aromatic heterocycles. The minimum Gasteiger partial charge on any atom is -0.325 e. The number of nitrogens with one attached hydrogen (secondary N) is 1. The number of aryl methyl sites for hydroxylation is 2. The molecule has 0 aliphatic heterocycles. The second-order valence-electron chi connectivity index (χ2n) is 6.12. The van der Waals surface area contributed by atoms with Gasteiger partial charge in [-0.1, -0.05) is 55.8 Å². The van der Waals surface area contributed by atoms with Crippen LogP contribution in [-0.2, 0) is 11.8 Å². The van der Waals surface area contributed by atoms with Crippen LogP contribution in [0, 0.1) is 13.8 Å². The van der Waals surface area contributed by atoms with Gasteiger partial charge in [0.2, 0.25) is 5.91 Å². The van der Waals surface area contributed by atoms with Crippen LogP contribution in [0.25, 0.3) is 11.4 Å². The molecule has 140 valence electrons. The molecule has 5 nitrogen and oxygen atoms in total. The zero-order valence-electron chi connectivity index (χ0n) is 15.1. The number of thioether (sulfide) groups is 1. The quantitative estimate of drug-likeness (QED) is 0.470. The highest BCUT2D eigenvalue weighted by atomic mass is 79.9. The standard InChI is InChI=1S/C19H18Br2N4OS/c1-11-8-15(21)9-12(2)17(11)22-16(26)10-27-19-24-23-18(25(19)3)13-4-6-14(20)7-5-13/h4-9H,10H2,1-3H3,(H,22,26). The number of hydrogen-bond donors (Lipinski definition) is 1. The van der Waals surface area contributed by atoms with Crippen molar-refractivity contribution in [1.82, 2.24) is 14.8 Å². The molecule has 0 aliphatic carbocycles. The third-order valence-corrected chi connectivity index (χ3v) is 6.04. The molecular weight excluding hydrogens is 492 g/mol. The second-order valence-corrected chi connectivity index (χ2v) is 8.90. The highest BCUT2D eigenvalue weighted by Crippen LogP contribution is 2.27. The summed E-state index contributed by atoms with van der Waals surface area (Å²) in [7, 11) is 1.90. The number of amides is 1. The zero-order valence-corrected chi connectivity index (χ0v) is 19.1. The normalized spacial score (nSPS) is 10.9. The molecule has 0 unspecified atom stereocenters. The fourth-order valence-corrected chi connectivity index (χ4v) is 4.37. The van der Waals surface area contributed by atoms with Gasteiger partial charge in [0.05, 0.1) is 5.75 Å². The summed E-state index contributed by atoms with van der Waals surface area (Å²) in [5.74, 6) is 0.966. The topological polar surface area (TPSA) is 59.8 Å². The minimum atomic E-state index is -0.0679. The van der Waals surface area contributed by atoms with Crippen LogP contribution in [0.4, 0.5) is 5.69 Å². The number of carbonyl (C=O) groups excluding carboxylic acids is 1. The van der Waals surface area contributed by atoms with Crippen LogP contribution >= 0.6 is 43.6 Å². The Hall–Kier alpha value is -1.64. The third kappa shape index (κ3) is 4.80. The van der Waals surface area contributed by atoms with E-state index in [0.29, 0.717) is 5.16 Å². The van der Waals surface area contributed by atoms with E-state index in [1.54, 1.807) is 0 Å². The highest BCUT2D eigenvalue weighted by Gasteiger charge is 2.14. The summed E-state index contributed by atoms with van der Waals surface area (Å²) in [5.41, 5.74) is 3.88. The lowest BCUT2D eigenvalue weighted by Crippen LogP contribution is -2.16. The highest BCUT2D eigenvalue weighted by molar-refractivity contribution is 9.10. The van der Waals surface area contributed by atoms with E-state index < -0.39 is 0 Å². The molecule has 0 spiro atoms. The summed E-state index contributed by atoms with van der Waals surface area (Å²) in [4.78, 5) is 12.4. The Kier molecular flexibility index (Phi) is 6.39. The van der Waals surface area contributed by atoms with Crippen molar-refractivity contribution in [1.29, 1.82) is 0 Å². The number of aromatic nitrogens is 3. The van der Waals surface area contributed by atoms with E-state index in [0.717, 1.165) is 37.1 Å². The van der Waals surface area contributed by atoms with Gasteiger partial charge in [-0.2, -0.15) is 0 Å². The minimum absolute atomic E-state index is 0.0679. The van der Waals surface area contributed by atoms with Crippen molar-refractivity contribution in [2.75, 3.05) is 11.1 Å². The first-order valence-corrected chi connectivity index (χ1v) is 10.8. The first-order valence-electron chi connectivity index (χ1n) is 8.20. The molecule has 8 heteroatoms. The molecule has 1 N–H and O–H groups in total. The van der Waals surface area contributed by atoms with Gasteiger partial charge in [0.25, 0.3) is 0 Å². The maximum absolute atomic E-state index is 12.4. The molecule has 3 rings (SSSR count). The predicted octanol–water partition coefficient (Wildman–Crippen LogP) is 5.35. The monoisotopic (exact) mass is 508 g/mol. The van der Waals surface area contributed by atoms with Crippen molar-refractivity contribution in [2.24, 2.45) is 7.05 Å². The van der Waals surface area contributed by atoms with Gasteiger partial charge in [0, 0.05) is 27.2 Å². The Morgan fingerprint density at radius 1 is 1.07 bits per heavy atom. The molecule has 0 radical (unpaired) electrons. The van der Waals surface area contributed by atoms with Gasteiger partial charge in [-0.05, 0) is 49.2 Å². The van der Waals surface area contributed by atoms with Gasteiger partial charge in [-0.3, -0.25) is 4.79 Å². The van der Waals surface area contributed by atoms with E-state index in [-0.39, 0.29) is 11.7 Å². The predicted molar refractivity (Wildman–Crippen MR) is 117 cm³/mol. The molecular formula is C19H18Br2N4OS. The molecule has 0 saturated carbocycles. The SMILES string of the molecule is Cc1cc(Br)cc(C)c1NC(=O)CSc1nnc(-c2ccc(Br)cc2)n1C. The first kappa shape index (κ1) is 20.1. The Morgan fingerprint density at radius 3 is 2.33 bits per heavy atom. The van der Waals surface area contributed by atoms with Gasteiger partial charge in [-0.15, -0.1) is 10.2 Å². The largest absolute Gasteiger partial charge is 0.325 e. The molecule has 2 aromatic carbocycles. The molecule has 0 saturated heterocycles. The van der Waals surface area contributed by atoms with Crippen LogP contribution < -0.4 is 5.32 Å². The fraction of sp³-hybridized carbons (Fsp3) is 0.211. The molecule has 0 fully saturated rings. The van der Waals surface area contributed by atoms with Crippen LogP contribution in [0.3, 0.4) is 0 Å². The van der Waals surface area contributed by atoms with Crippen molar-refractivity contribution >= 4 is 55.2 Å². The Balaban J connectivity index is 1.67. The van der Waals surface area contributed by atoms with E-state index in [4.69, 9.17) is 0 Å². The summed E-state index contributed by atoms with van der Waals surface area (Å²) in [6.45, 7) is 3.96. The number of hydrogen-bond acceptors (Lipinski definition) is 4.